The van der Waals surface area contributed by atoms with E-state index in [-0.39, 0.29) is 17.3 Å². The number of rotatable bonds is 6. The van der Waals surface area contributed by atoms with E-state index in [0.717, 1.165) is 12.5 Å². The van der Waals surface area contributed by atoms with Crippen LogP contribution in [0.5, 0.6) is 0 Å². The largest absolute Gasteiger partial charge is 0.489 e. The number of hydrogen-bond donors (Lipinski definition) is 0. The molecule has 0 amide bonds. The lowest BCUT2D eigenvalue weighted by molar-refractivity contribution is -0.117. The summed E-state index contributed by atoms with van der Waals surface area (Å²) >= 11 is 0. The van der Waals surface area contributed by atoms with E-state index in [2.05, 4.69) is 31.8 Å². The molecule has 0 radical (unpaired) electrons. The van der Waals surface area contributed by atoms with E-state index in [1.807, 2.05) is 0 Å². The Balaban J connectivity index is 2.33. The zero-order valence-electron chi connectivity index (χ0n) is 12.2. The van der Waals surface area contributed by atoms with Crippen molar-refractivity contribution in [2.24, 2.45) is 0 Å². The molecule has 0 N–H and O–H groups in total. The van der Waals surface area contributed by atoms with Crippen molar-refractivity contribution >= 4 is 19.6 Å². The van der Waals surface area contributed by atoms with E-state index in [1.54, 1.807) is 6.92 Å². The minimum Gasteiger partial charge on any atom is -0.489 e. The Morgan fingerprint density at radius 1 is 1.11 bits per heavy atom. The smallest absolute Gasteiger partial charge is 0.220 e. The van der Waals surface area contributed by atoms with Gasteiger partial charge >= 0.3 is 0 Å². The Kier molecular flexibility index (Phi) is 5.48. The molecule has 4 heteroatoms. The molecule has 1 aliphatic carbocycles. The second kappa shape index (κ2) is 6.66. The molecule has 1 rings (SSSR count). The standard InChI is InChI=1S/C15H22O3Si/c1-12-10-14(17)15(11-13(12)16)18-8-6-5-7-9-19(2,3)4/h5,7,10-11H,6,8-9H2,1-4H3/b7-5+. The van der Waals surface area contributed by atoms with Crippen molar-refractivity contribution in [3.05, 3.63) is 35.6 Å². The molecule has 0 unspecified atom stereocenters. The first-order valence-electron chi connectivity index (χ1n) is 6.56. The predicted octanol–water partition coefficient (Wildman–Crippen LogP) is 3.27. The van der Waals surface area contributed by atoms with Gasteiger partial charge in [-0.3, -0.25) is 9.59 Å². The third-order valence-electron chi connectivity index (χ3n) is 2.68. The molecule has 1 aliphatic rings. The first-order valence-corrected chi connectivity index (χ1v) is 10.3. The van der Waals surface area contributed by atoms with Crippen LogP contribution in [-0.4, -0.2) is 26.2 Å². The molecule has 0 aliphatic heterocycles. The average Bonchev–Trinajstić information content (AvgIpc) is 2.28. The second-order valence-corrected chi connectivity index (χ2v) is 11.5. The molecule has 0 spiro atoms. The predicted molar refractivity (Wildman–Crippen MR) is 79.7 cm³/mol. The Hall–Kier alpha value is -1.42. The first-order chi connectivity index (χ1) is 8.79. The molecule has 3 nitrogen and oxygen atoms in total. The summed E-state index contributed by atoms with van der Waals surface area (Å²) in [5.41, 5.74) is 0.465. The highest BCUT2D eigenvalue weighted by molar-refractivity contribution is 6.76. The van der Waals surface area contributed by atoms with Crippen molar-refractivity contribution in [2.45, 2.75) is 39.0 Å². The molecule has 0 atom stereocenters. The van der Waals surface area contributed by atoms with E-state index in [0.29, 0.717) is 12.2 Å². The molecular weight excluding hydrogens is 256 g/mol. The van der Waals surface area contributed by atoms with Crippen LogP contribution in [0.1, 0.15) is 13.3 Å². The van der Waals surface area contributed by atoms with Crippen LogP contribution < -0.4 is 0 Å². The minimum atomic E-state index is -1.02. The fourth-order valence-electron chi connectivity index (χ4n) is 1.55. The monoisotopic (exact) mass is 278 g/mol. The molecule has 0 aromatic heterocycles. The molecule has 0 bridgehead atoms. The Bertz CT molecular complexity index is 451. The van der Waals surface area contributed by atoms with Gasteiger partial charge in [0.05, 0.1) is 6.61 Å². The Morgan fingerprint density at radius 2 is 1.79 bits per heavy atom. The van der Waals surface area contributed by atoms with E-state index in [9.17, 15) is 9.59 Å². The highest BCUT2D eigenvalue weighted by atomic mass is 28.3. The van der Waals surface area contributed by atoms with E-state index in [1.165, 1.54) is 12.2 Å². The number of carbonyl (C=O) groups excluding carboxylic acids is 2. The van der Waals surface area contributed by atoms with Crippen LogP contribution in [0.3, 0.4) is 0 Å². The lowest BCUT2D eigenvalue weighted by atomic mass is 10.0. The maximum atomic E-state index is 11.6. The quantitative estimate of drug-likeness (QED) is 0.324. The average molecular weight is 278 g/mol. The second-order valence-electron chi connectivity index (χ2n) is 5.94. The third-order valence-corrected chi connectivity index (χ3v) is 4.14. The maximum absolute atomic E-state index is 11.6. The number of hydrogen-bond acceptors (Lipinski definition) is 3. The maximum Gasteiger partial charge on any atom is 0.220 e. The van der Waals surface area contributed by atoms with Crippen LogP contribution in [0, 0.1) is 0 Å². The van der Waals surface area contributed by atoms with Crippen molar-refractivity contribution in [3.8, 4) is 0 Å². The van der Waals surface area contributed by atoms with Crippen LogP contribution in [0.4, 0.5) is 0 Å². The summed E-state index contributed by atoms with van der Waals surface area (Å²) in [6, 6.07) is 1.15. The van der Waals surface area contributed by atoms with Gasteiger partial charge in [-0.2, -0.15) is 0 Å². The lowest BCUT2D eigenvalue weighted by Crippen LogP contribution is -2.17. The minimum absolute atomic E-state index is 0.149. The zero-order chi connectivity index (χ0) is 14.5. The number of carbonyl (C=O) groups is 2. The lowest BCUT2D eigenvalue weighted by Gasteiger charge is -2.12. The summed E-state index contributed by atoms with van der Waals surface area (Å²) in [7, 11) is -1.02. The number of allylic oxidation sites excluding steroid dienone is 4. The van der Waals surface area contributed by atoms with E-state index >= 15 is 0 Å². The van der Waals surface area contributed by atoms with Crippen LogP contribution in [-0.2, 0) is 14.3 Å². The Labute approximate surface area is 116 Å². The van der Waals surface area contributed by atoms with Crippen molar-refractivity contribution in [2.75, 3.05) is 6.61 Å². The van der Waals surface area contributed by atoms with Crippen LogP contribution in [0.25, 0.3) is 0 Å². The van der Waals surface area contributed by atoms with Crippen LogP contribution in [0.2, 0.25) is 25.7 Å². The van der Waals surface area contributed by atoms with Gasteiger partial charge in [0.15, 0.2) is 11.5 Å². The van der Waals surface area contributed by atoms with E-state index in [4.69, 9.17) is 4.74 Å². The molecule has 0 saturated heterocycles. The van der Waals surface area contributed by atoms with Gasteiger partial charge in [-0.05, 0) is 25.5 Å². The fraction of sp³-hybridized carbons (Fsp3) is 0.467. The molecular formula is C15H22O3Si. The summed E-state index contributed by atoms with van der Waals surface area (Å²) in [5.74, 6) is -0.207. The summed E-state index contributed by atoms with van der Waals surface area (Å²) in [6.45, 7) is 9.02. The van der Waals surface area contributed by atoms with Crippen molar-refractivity contribution in [1.82, 2.24) is 0 Å². The van der Waals surface area contributed by atoms with Gasteiger partial charge in [0.1, 0.15) is 0 Å². The molecule has 0 heterocycles. The van der Waals surface area contributed by atoms with Gasteiger partial charge in [0, 0.05) is 19.7 Å². The van der Waals surface area contributed by atoms with Gasteiger partial charge in [-0.25, -0.2) is 0 Å². The first kappa shape index (κ1) is 15.6. The van der Waals surface area contributed by atoms with Crippen LogP contribution in [0.15, 0.2) is 35.6 Å². The van der Waals surface area contributed by atoms with Crippen molar-refractivity contribution < 1.29 is 14.3 Å². The highest BCUT2D eigenvalue weighted by Crippen LogP contribution is 2.13. The molecule has 104 valence electrons. The molecule has 0 aromatic carbocycles. The molecule has 0 saturated carbocycles. The van der Waals surface area contributed by atoms with Gasteiger partial charge in [-0.1, -0.05) is 31.8 Å². The van der Waals surface area contributed by atoms with Crippen molar-refractivity contribution in [1.29, 1.82) is 0 Å². The van der Waals surface area contributed by atoms with Crippen LogP contribution >= 0.6 is 0 Å². The Morgan fingerprint density at radius 3 is 2.42 bits per heavy atom. The SMILES string of the molecule is CC1=CC(=O)C(OCC/C=C/C[Si](C)(C)C)=CC1=O. The van der Waals surface area contributed by atoms with Gasteiger partial charge in [0.2, 0.25) is 5.78 Å². The summed E-state index contributed by atoms with van der Waals surface area (Å²) in [4.78, 5) is 23.0. The molecule has 19 heavy (non-hydrogen) atoms. The zero-order valence-corrected chi connectivity index (χ0v) is 13.2. The summed E-state index contributed by atoms with van der Waals surface area (Å²) in [6.07, 6.45) is 7.63. The number of ether oxygens (including phenoxy) is 1. The number of ketones is 2. The van der Waals surface area contributed by atoms with Crippen molar-refractivity contribution in [3.63, 3.8) is 0 Å². The van der Waals surface area contributed by atoms with Gasteiger partial charge in [-0.15, -0.1) is 0 Å². The highest BCUT2D eigenvalue weighted by Gasteiger charge is 2.18. The van der Waals surface area contributed by atoms with E-state index < -0.39 is 8.07 Å². The molecule has 0 fully saturated rings. The topological polar surface area (TPSA) is 43.4 Å². The summed E-state index contributed by atoms with van der Waals surface area (Å²) in [5, 5.41) is 0. The third kappa shape index (κ3) is 5.83. The normalized spacial score (nSPS) is 16.6. The fourth-order valence-corrected chi connectivity index (χ4v) is 2.42. The van der Waals surface area contributed by atoms with Gasteiger partial charge < -0.3 is 4.74 Å². The summed E-state index contributed by atoms with van der Waals surface area (Å²) < 4.78 is 5.35. The van der Waals surface area contributed by atoms with Gasteiger partial charge in [0.25, 0.3) is 0 Å². The molecule has 0 aromatic rings.